The molecule has 0 bridgehead atoms. The van der Waals surface area contributed by atoms with Crippen LogP contribution < -0.4 is 4.74 Å². The summed E-state index contributed by atoms with van der Waals surface area (Å²) < 4.78 is 131. The summed E-state index contributed by atoms with van der Waals surface area (Å²) in [6.07, 6.45) is -4.74. The van der Waals surface area contributed by atoms with Crippen LogP contribution >= 0.6 is 0 Å². The van der Waals surface area contributed by atoms with Crippen molar-refractivity contribution < 1.29 is 44.3 Å². The third-order valence-corrected chi connectivity index (χ3v) is 5.51. The van der Waals surface area contributed by atoms with Gasteiger partial charge in [-0.05, 0) is 30.2 Å². The standard InChI is InChI=1S/C28H15F9O/c1-14-2-4-16(5-3-14)25(33)26(34)17-8-6-15(7-9-17)18-10-20(29)24(21(30)11-18)28(36,37)38-19-12-22(31)27(35)23(32)13-19/h2-13H,1H3. The molecule has 196 valence electrons. The summed E-state index contributed by atoms with van der Waals surface area (Å²) in [5, 5.41) is 0. The molecule has 0 aliphatic heterocycles. The van der Waals surface area contributed by atoms with Gasteiger partial charge in [0.05, 0.1) is 0 Å². The zero-order valence-corrected chi connectivity index (χ0v) is 19.2. The third kappa shape index (κ3) is 5.39. The van der Waals surface area contributed by atoms with Crippen LogP contribution in [-0.4, -0.2) is 0 Å². The molecule has 4 aromatic carbocycles. The Kier molecular flexibility index (Phi) is 7.26. The van der Waals surface area contributed by atoms with Gasteiger partial charge in [0.2, 0.25) is 0 Å². The van der Waals surface area contributed by atoms with Gasteiger partial charge in [-0.25, -0.2) is 30.7 Å². The van der Waals surface area contributed by atoms with Crippen molar-refractivity contribution >= 4 is 11.7 Å². The van der Waals surface area contributed by atoms with Gasteiger partial charge in [0.1, 0.15) is 22.9 Å². The second-order valence-electron chi connectivity index (χ2n) is 8.21. The Balaban J connectivity index is 1.62. The molecule has 0 aliphatic rings. The van der Waals surface area contributed by atoms with Crippen molar-refractivity contribution in [2.24, 2.45) is 0 Å². The quantitative estimate of drug-likeness (QED) is 0.135. The Morgan fingerprint density at radius 3 is 1.53 bits per heavy atom. The third-order valence-electron chi connectivity index (χ3n) is 5.51. The van der Waals surface area contributed by atoms with Gasteiger partial charge in [-0.3, -0.25) is 0 Å². The molecule has 4 aromatic rings. The van der Waals surface area contributed by atoms with Crippen LogP contribution in [0.5, 0.6) is 5.75 Å². The van der Waals surface area contributed by atoms with Crippen LogP contribution in [0.4, 0.5) is 39.5 Å². The van der Waals surface area contributed by atoms with Crippen LogP contribution in [-0.2, 0) is 6.11 Å². The van der Waals surface area contributed by atoms with Gasteiger partial charge in [-0.2, -0.15) is 8.78 Å². The van der Waals surface area contributed by atoms with Gasteiger partial charge in [0.25, 0.3) is 0 Å². The molecular weight excluding hydrogens is 523 g/mol. The monoisotopic (exact) mass is 538 g/mol. The summed E-state index contributed by atoms with van der Waals surface area (Å²) in [5.74, 6) is -12.7. The van der Waals surface area contributed by atoms with Crippen molar-refractivity contribution in [2.45, 2.75) is 13.0 Å². The Labute approximate surface area is 210 Å². The van der Waals surface area contributed by atoms with E-state index >= 15 is 0 Å². The minimum Gasteiger partial charge on any atom is -0.429 e. The lowest BCUT2D eigenvalue weighted by molar-refractivity contribution is -0.189. The summed E-state index contributed by atoms with van der Waals surface area (Å²) in [4.78, 5) is 0. The lowest BCUT2D eigenvalue weighted by Gasteiger charge is -2.20. The molecule has 0 spiro atoms. The van der Waals surface area contributed by atoms with Crippen LogP contribution in [0.2, 0.25) is 0 Å². The van der Waals surface area contributed by atoms with E-state index in [4.69, 9.17) is 0 Å². The first-order valence-corrected chi connectivity index (χ1v) is 10.8. The van der Waals surface area contributed by atoms with Crippen LogP contribution in [0.1, 0.15) is 22.3 Å². The van der Waals surface area contributed by atoms with E-state index in [1.165, 1.54) is 24.3 Å². The zero-order valence-electron chi connectivity index (χ0n) is 19.2. The van der Waals surface area contributed by atoms with E-state index in [0.717, 1.165) is 17.7 Å². The smallest absolute Gasteiger partial charge is 0.429 e. The largest absolute Gasteiger partial charge is 0.432 e. The summed E-state index contributed by atoms with van der Waals surface area (Å²) in [6, 6.07) is 11.9. The molecule has 0 aliphatic carbocycles. The molecule has 1 nitrogen and oxygen atoms in total. The number of alkyl halides is 2. The number of halogens is 9. The maximum atomic E-state index is 14.6. The van der Waals surface area contributed by atoms with Crippen molar-refractivity contribution in [3.8, 4) is 16.9 Å². The van der Waals surface area contributed by atoms with Gasteiger partial charge in [-0.1, -0.05) is 54.1 Å². The molecule has 0 heterocycles. The number of ether oxygens (including phenoxy) is 1. The molecule has 0 fully saturated rings. The van der Waals surface area contributed by atoms with E-state index < -0.39 is 58.2 Å². The summed E-state index contributed by atoms with van der Waals surface area (Å²) in [7, 11) is 0. The van der Waals surface area contributed by atoms with Gasteiger partial charge < -0.3 is 4.74 Å². The molecule has 0 unspecified atom stereocenters. The predicted molar refractivity (Wildman–Crippen MR) is 123 cm³/mol. The minimum atomic E-state index is -4.74. The molecule has 0 amide bonds. The second kappa shape index (κ2) is 10.3. The Hall–Kier alpha value is -4.21. The highest BCUT2D eigenvalue weighted by Gasteiger charge is 2.41. The molecule has 0 saturated heterocycles. The van der Waals surface area contributed by atoms with E-state index in [1.807, 2.05) is 0 Å². The van der Waals surface area contributed by atoms with Crippen LogP contribution in [0.3, 0.4) is 0 Å². The SMILES string of the molecule is Cc1ccc(C(F)=C(F)c2ccc(-c3cc(F)c(C(F)(F)Oc4cc(F)c(F)c(F)c4)c(F)c3)cc2)cc1. The van der Waals surface area contributed by atoms with E-state index in [0.29, 0.717) is 12.1 Å². The van der Waals surface area contributed by atoms with Crippen LogP contribution in [0, 0.1) is 36.0 Å². The minimum absolute atomic E-state index is 0.00571. The first kappa shape index (κ1) is 26.8. The fraction of sp³-hybridized carbons (Fsp3) is 0.0714. The molecular formula is C28H15F9O. The fourth-order valence-corrected chi connectivity index (χ4v) is 3.57. The van der Waals surface area contributed by atoms with Crippen LogP contribution in [0.15, 0.2) is 72.8 Å². The molecule has 0 radical (unpaired) electrons. The van der Waals surface area contributed by atoms with Crippen molar-refractivity contribution in [3.63, 3.8) is 0 Å². The van der Waals surface area contributed by atoms with E-state index in [1.54, 1.807) is 19.1 Å². The Morgan fingerprint density at radius 1 is 0.605 bits per heavy atom. The molecule has 4 rings (SSSR count). The second-order valence-corrected chi connectivity index (χ2v) is 8.21. The van der Waals surface area contributed by atoms with Crippen LogP contribution in [0.25, 0.3) is 22.8 Å². The van der Waals surface area contributed by atoms with Crippen molar-refractivity contribution in [2.75, 3.05) is 0 Å². The number of rotatable bonds is 6. The van der Waals surface area contributed by atoms with Crippen molar-refractivity contribution in [1.29, 1.82) is 0 Å². The maximum absolute atomic E-state index is 14.6. The maximum Gasteiger partial charge on any atom is 0.432 e. The molecule has 0 N–H and O–H groups in total. The van der Waals surface area contributed by atoms with Gasteiger partial charge in [0, 0.05) is 23.3 Å². The van der Waals surface area contributed by atoms with Gasteiger partial charge >= 0.3 is 6.11 Å². The summed E-state index contributed by atoms with van der Waals surface area (Å²) in [6.45, 7) is 1.78. The van der Waals surface area contributed by atoms with Gasteiger partial charge in [-0.15, -0.1) is 0 Å². The zero-order chi connectivity index (χ0) is 27.8. The summed E-state index contributed by atoms with van der Waals surface area (Å²) in [5.41, 5.74) is -1.34. The molecule has 0 atom stereocenters. The average molecular weight is 538 g/mol. The van der Waals surface area contributed by atoms with E-state index in [2.05, 4.69) is 4.74 Å². The van der Waals surface area contributed by atoms with Gasteiger partial charge in [0.15, 0.2) is 29.1 Å². The predicted octanol–water partition coefficient (Wildman–Crippen LogP) is 9.25. The average Bonchev–Trinajstić information content (AvgIpc) is 2.86. The molecule has 0 saturated carbocycles. The van der Waals surface area contributed by atoms with E-state index in [-0.39, 0.29) is 34.4 Å². The summed E-state index contributed by atoms with van der Waals surface area (Å²) >= 11 is 0. The lowest BCUT2D eigenvalue weighted by Crippen LogP contribution is -2.25. The first-order valence-electron chi connectivity index (χ1n) is 10.8. The fourth-order valence-electron chi connectivity index (χ4n) is 3.57. The van der Waals surface area contributed by atoms with E-state index in [9.17, 15) is 39.5 Å². The van der Waals surface area contributed by atoms with Crippen molar-refractivity contribution in [3.05, 3.63) is 124 Å². The highest BCUT2D eigenvalue weighted by atomic mass is 19.3. The number of hydrogen-bond acceptors (Lipinski definition) is 1. The molecule has 38 heavy (non-hydrogen) atoms. The Bertz CT molecular complexity index is 1480. The molecule has 10 heteroatoms. The molecule has 0 aromatic heterocycles. The Morgan fingerprint density at radius 2 is 1.05 bits per heavy atom. The highest BCUT2D eigenvalue weighted by Crippen LogP contribution is 2.38. The van der Waals surface area contributed by atoms with Crippen molar-refractivity contribution in [1.82, 2.24) is 0 Å². The number of benzene rings is 4. The number of aryl methyl sites for hydroxylation is 1. The number of hydrogen-bond donors (Lipinski definition) is 0. The highest BCUT2D eigenvalue weighted by molar-refractivity contribution is 5.83. The first-order chi connectivity index (χ1) is 17.9. The normalized spacial score (nSPS) is 12.4. The topological polar surface area (TPSA) is 9.23 Å². The lowest BCUT2D eigenvalue weighted by atomic mass is 10.00.